The first-order chi connectivity index (χ1) is 8.87. The van der Waals surface area contributed by atoms with E-state index in [0.717, 1.165) is 9.35 Å². The van der Waals surface area contributed by atoms with E-state index in [4.69, 9.17) is 0 Å². The van der Waals surface area contributed by atoms with Crippen LogP contribution in [-0.2, 0) is 21.3 Å². The van der Waals surface area contributed by atoms with Crippen molar-refractivity contribution in [3.8, 4) is 0 Å². The van der Waals surface area contributed by atoms with E-state index in [1.807, 2.05) is 31.5 Å². The van der Waals surface area contributed by atoms with Crippen LogP contribution < -0.4 is 0 Å². The summed E-state index contributed by atoms with van der Waals surface area (Å²) in [5, 5.41) is 6.15. The second kappa shape index (κ2) is 5.76. The van der Waals surface area contributed by atoms with Crippen LogP contribution in [0.4, 0.5) is 0 Å². The summed E-state index contributed by atoms with van der Waals surface area (Å²) in [6.07, 6.45) is 1.82. The predicted molar refractivity (Wildman–Crippen MR) is 81.0 cm³/mol. The Hall–Kier alpha value is -0.660. The molecule has 0 aromatic carbocycles. The van der Waals surface area contributed by atoms with Crippen LogP contribution in [0.2, 0.25) is 0 Å². The summed E-state index contributed by atoms with van der Waals surface area (Å²) >= 11 is 4.80. The van der Waals surface area contributed by atoms with Crippen LogP contribution in [0.3, 0.4) is 0 Å². The Kier molecular flexibility index (Phi) is 4.47. The Morgan fingerprint density at radius 1 is 1.37 bits per heavy atom. The molecule has 0 aliphatic rings. The van der Waals surface area contributed by atoms with Gasteiger partial charge in [0.15, 0.2) is 9.84 Å². The molecule has 0 saturated heterocycles. The largest absolute Gasteiger partial charge is 0.270 e. The molecule has 0 bridgehead atoms. The summed E-state index contributed by atoms with van der Waals surface area (Å²) in [7, 11) is -3.19. The molecule has 2 aromatic heterocycles. The van der Waals surface area contributed by atoms with Gasteiger partial charge in [0.1, 0.15) is 0 Å². The molecule has 7 heteroatoms. The number of sulfone groups is 1. The van der Waals surface area contributed by atoms with Crippen LogP contribution in [0.25, 0.3) is 0 Å². The number of nitrogens with zero attached hydrogens (tertiary/aromatic N) is 2. The van der Waals surface area contributed by atoms with Crippen LogP contribution >= 0.6 is 27.3 Å². The van der Waals surface area contributed by atoms with Gasteiger partial charge in [-0.25, -0.2) is 8.42 Å². The normalized spacial score (nSPS) is 12.2. The highest BCUT2D eigenvalue weighted by atomic mass is 79.9. The number of thiophene rings is 1. The van der Waals surface area contributed by atoms with Gasteiger partial charge in [-0.15, -0.1) is 11.3 Å². The van der Waals surface area contributed by atoms with Gasteiger partial charge in [-0.05, 0) is 47.3 Å². The minimum absolute atomic E-state index is 0.0168. The van der Waals surface area contributed by atoms with Gasteiger partial charge in [-0.3, -0.25) is 4.68 Å². The van der Waals surface area contributed by atoms with Crippen molar-refractivity contribution in [3.05, 3.63) is 38.8 Å². The summed E-state index contributed by atoms with van der Waals surface area (Å²) in [5.74, 6) is 0.0385. The number of hydrogen-bond acceptors (Lipinski definition) is 4. The molecule has 2 aromatic rings. The molecule has 4 nitrogen and oxygen atoms in total. The van der Waals surface area contributed by atoms with Crippen molar-refractivity contribution in [1.82, 2.24) is 9.78 Å². The third-order valence-corrected chi connectivity index (χ3v) is 6.18. The topological polar surface area (TPSA) is 52.0 Å². The van der Waals surface area contributed by atoms with E-state index in [0.29, 0.717) is 5.69 Å². The number of aromatic nitrogens is 2. The Balaban J connectivity index is 2.10. The molecule has 0 radical (unpaired) electrons. The van der Waals surface area contributed by atoms with Crippen molar-refractivity contribution in [2.45, 2.75) is 31.4 Å². The monoisotopic (exact) mass is 362 g/mol. The van der Waals surface area contributed by atoms with Crippen molar-refractivity contribution in [2.24, 2.45) is 0 Å². The van der Waals surface area contributed by atoms with Gasteiger partial charge in [-0.2, -0.15) is 5.10 Å². The second-order valence-corrected chi connectivity index (χ2v) is 8.52. The molecule has 0 spiro atoms. The molecule has 0 fully saturated rings. The lowest BCUT2D eigenvalue weighted by Crippen LogP contribution is -2.09. The molecule has 19 heavy (non-hydrogen) atoms. The standard InChI is InChI=1S/C12H15BrN2O2S2/c1-9(2)15-5-3-10(14-15)7-19(16,17)8-12-11(13)4-6-18-12/h3-6,9H,7-8H2,1-2H3. The van der Waals surface area contributed by atoms with E-state index in [2.05, 4.69) is 21.0 Å². The van der Waals surface area contributed by atoms with Crippen molar-refractivity contribution < 1.29 is 8.42 Å². The van der Waals surface area contributed by atoms with Crippen LogP contribution in [0.5, 0.6) is 0 Å². The minimum atomic E-state index is -3.19. The zero-order chi connectivity index (χ0) is 14.0. The van der Waals surface area contributed by atoms with E-state index >= 15 is 0 Å². The van der Waals surface area contributed by atoms with E-state index < -0.39 is 9.84 Å². The quantitative estimate of drug-likeness (QED) is 0.818. The number of hydrogen-bond donors (Lipinski definition) is 0. The van der Waals surface area contributed by atoms with Crippen molar-refractivity contribution in [2.75, 3.05) is 0 Å². The lowest BCUT2D eigenvalue weighted by Gasteiger charge is -2.04. The van der Waals surface area contributed by atoms with Crippen LogP contribution in [0.15, 0.2) is 28.2 Å². The minimum Gasteiger partial charge on any atom is -0.270 e. The molecule has 104 valence electrons. The SMILES string of the molecule is CC(C)n1ccc(CS(=O)(=O)Cc2sccc2Br)n1. The highest BCUT2D eigenvalue weighted by molar-refractivity contribution is 9.10. The zero-order valence-electron chi connectivity index (χ0n) is 10.7. The average Bonchev–Trinajstić information content (AvgIpc) is 2.88. The Morgan fingerprint density at radius 3 is 2.63 bits per heavy atom. The van der Waals surface area contributed by atoms with Crippen molar-refractivity contribution in [1.29, 1.82) is 0 Å². The lowest BCUT2D eigenvalue weighted by molar-refractivity contribution is 0.527. The first-order valence-electron chi connectivity index (χ1n) is 5.84. The van der Waals surface area contributed by atoms with Gasteiger partial charge >= 0.3 is 0 Å². The summed E-state index contributed by atoms with van der Waals surface area (Å²) in [4.78, 5) is 0.836. The first kappa shape index (κ1) is 14.7. The van der Waals surface area contributed by atoms with Crippen LogP contribution in [-0.4, -0.2) is 18.2 Å². The fourth-order valence-electron chi connectivity index (χ4n) is 1.65. The van der Waals surface area contributed by atoms with Crippen molar-refractivity contribution >= 4 is 37.1 Å². The maximum Gasteiger partial charge on any atom is 0.161 e. The van der Waals surface area contributed by atoms with Crippen LogP contribution in [0, 0.1) is 0 Å². The molecule has 0 N–H and O–H groups in total. The first-order valence-corrected chi connectivity index (χ1v) is 9.33. The van der Waals surface area contributed by atoms with Gasteiger partial charge in [0, 0.05) is 21.6 Å². The van der Waals surface area contributed by atoms with Gasteiger partial charge in [-0.1, -0.05) is 0 Å². The van der Waals surface area contributed by atoms with Gasteiger partial charge in [0.2, 0.25) is 0 Å². The third kappa shape index (κ3) is 3.90. The highest BCUT2D eigenvalue weighted by Gasteiger charge is 2.17. The summed E-state index contributed by atoms with van der Waals surface area (Å²) in [6, 6.07) is 3.87. The molecule has 0 amide bonds. The molecule has 0 unspecified atom stereocenters. The predicted octanol–water partition coefficient (Wildman–Crippen LogP) is 3.40. The maximum absolute atomic E-state index is 12.1. The van der Waals surface area contributed by atoms with Gasteiger partial charge in [0.05, 0.1) is 17.2 Å². The lowest BCUT2D eigenvalue weighted by atomic mass is 10.4. The molecule has 0 saturated carbocycles. The number of halogens is 1. The summed E-state index contributed by atoms with van der Waals surface area (Å²) in [6.45, 7) is 4.02. The van der Waals surface area contributed by atoms with Crippen molar-refractivity contribution in [3.63, 3.8) is 0 Å². The average molecular weight is 363 g/mol. The maximum atomic E-state index is 12.1. The molecule has 2 heterocycles. The fraction of sp³-hybridized carbons (Fsp3) is 0.417. The number of rotatable bonds is 5. The molecular formula is C12H15BrN2O2S2. The Bertz CT molecular complexity index is 659. The highest BCUT2D eigenvalue weighted by Crippen LogP contribution is 2.25. The van der Waals surface area contributed by atoms with E-state index in [9.17, 15) is 8.42 Å². The second-order valence-electron chi connectivity index (χ2n) is 4.60. The molecule has 0 aliphatic carbocycles. The van der Waals surface area contributed by atoms with Gasteiger partial charge < -0.3 is 0 Å². The third-order valence-electron chi connectivity index (χ3n) is 2.60. The zero-order valence-corrected chi connectivity index (χ0v) is 13.9. The smallest absolute Gasteiger partial charge is 0.161 e. The Labute approximate surface area is 125 Å². The summed E-state index contributed by atoms with van der Waals surface area (Å²) < 4.78 is 26.9. The molecule has 0 aliphatic heterocycles. The Morgan fingerprint density at radius 2 is 2.11 bits per heavy atom. The fourth-order valence-corrected chi connectivity index (χ4v) is 5.18. The van der Waals surface area contributed by atoms with E-state index in [1.54, 1.807) is 10.7 Å². The van der Waals surface area contributed by atoms with E-state index in [-0.39, 0.29) is 17.5 Å². The molecular weight excluding hydrogens is 348 g/mol. The summed E-state index contributed by atoms with van der Waals surface area (Å²) in [5.41, 5.74) is 0.598. The molecule has 2 rings (SSSR count). The molecule has 0 atom stereocenters. The van der Waals surface area contributed by atoms with Gasteiger partial charge in [0.25, 0.3) is 0 Å². The van der Waals surface area contributed by atoms with E-state index in [1.165, 1.54) is 11.3 Å². The van der Waals surface area contributed by atoms with Crippen LogP contribution in [0.1, 0.15) is 30.5 Å².